The molecule has 0 spiro atoms. The Hall–Kier alpha value is -3.15. The summed E-state index contributed by atoms with van der Waals surface area (Å²) in [6.45, 7) is -0.345. The largest absolute Gasteiger partial charge is 0.455 e. The molecule has 0 heterocycles. The molecule has 0 fully saturated rings. The lowest BCUT2D eigenvalue weighted by atomic mass is 10.0. The van der Waals surface area contributed by atoms with Gasteiger partial charge in [-0.05, 0) is 60.2 Å². The summed E-state index contributed by atoms with van der Waals surface area (Å²) in [6, 6.07) is 12.6. The normalized spacial score (nSPS) is 12.2. The maximum Gasteiger partial charge on any atom is 0.310 e. The monoisotopic (exact) mass is 380 g/mol. The van der Waals surface area contributed by atoms with Crippen LogP contribution in [0.4, 0.5) is 5.69 Å². The number of hydrogen-bond acceptors (Lipinski definition) is 4. The summed E-state index contributed by atoms with van der Waals surface area (Å²) in [6.07, 6.45) is 3.47. The lowest BCUT2D eigenvalue weighted by Crippen LogP contribution is -2.22. The van der Waals surface area contributed by atoms with Crippen molar-refractivity contribution in [3.8, 4) is 0 Å². The van der Waals surface area contributed by atoms with Crippen LogP contribution in [0.15, 0.2) is 42.5 Å². The fourth-order valence-electron chi connectivity index (χ4n) is 3.25. The van der Waals surface area contributed by atoms with E-state index in [4.69, 9.17) is 4.74 Å². The second-order valence-corrected chi connectivity index (χ2v) is 7.12. The van der Waals surface area contributed by atoms with Gasteiger partial charge in [-0.2, -0.15) is 0 Å². The number of fused-ring (bicyclic) bond motifs is 1. The summed E-state index contributed by atoms with van der Waals surface area (Å²) < 4.78 is 5.08. The third-order valence-corrected chi connectivity index (χ3v) is 4.70. The molecular weight excluding hydrogens is 356 g/mol. The predicted octanol–water partition coefficient (Wildman–Crippen LogP) is 2.60. The van der Waals surface area contributed by atoms with Gasteiger partial charge in [0.15, 0.2) is 6.61 Å². The number of carbonyl (C=O) groups excluding carboxylic acids is 3. The molecule has 0 aliphatic heterocycles. The van der Waals surface area contributed by atoms with Crippen molar-refractivity contribution in [3.05, 3.63) is 64.7 Å². The van der Waals surface area contributed by atoms with Crippen LogP contribution in [0.5, 0.6) is 0 Å². The van der Waals surface area contributed by atoms with Gasteiger partial charge in [0.05, 0.1) is 6.42 Å². The second-order valence-electron chi connectivity index (χ2n) is 7.12. The first-order valence-electron chi connectivity index (χ1n) is 9.30. The molecule has 28 heavy (non-hydrogen) atoms. The number of benzene rings is 2. The second kappa shape index (κ2) is 8.69. The van der Waals surface area contributed by atoms with E-state index in [1.54, 1.807) is 38.4 Å². The fraction of sp³-hybridized carbons (Fsp3) is 0.318. The summed E-state index contributed by atoms with van der Waals surface area (Å²) in [5, 5.41) is 2.65. The molecule has 0 saturated heterocycles. The first-order valence-corrected chi connectivity index (χ1v) is 9.30. The van der Waals surface area contributed by atoms with Gasteiger partial charge in [0.2, 0.25) is 0 Å². The smallest absolute Gasteiger partial charge is 0.310 e. The number of anilines is 1. The van der Waals surface area contributed by atoms with Crippen molar-refractivity contribution in [1.82, 2.24) is 4.90 Å². The van der Waals surface area contributed by atoms with Crippen molar-refractivity contribution < 1.29 is 19.1 Å². The Morgan fingerprint density at radius 1 is 1.00 bits per heavy atom. The van der Waals surface area contributed by atoms with Crippen LogP contribution in [0.2, 0.25) is 0 Å². The van der Waals surface area contributed by atoms with Gasteiger partial charge in [0.25, 0.3) is 11.8 Å². The van der Waals surface area contributed by atoms with E-state index >= 15 is 0 Å². The maximum atomic E-state index is 12.0. The van der Waals surface area contributed by atoms with Gasteiger partial charge in [0.1, 0.15) is 0 Å². The summed E-state index contributed by atoms with van der Waals surface area (Å²) >= 11 is 0. The Morgan fingerprint density at radius 3 is 2.43 bits per heavy atom. The minimum atomic E-state index is -0.431. The summed E-state index contributed by atoms with van der Waals surface area (Å²) in [7, 11) is 3.35. The quantitative estimate of drug-likeness (QED) is 0.782. The van der Waals surface area contributed by atoms with Crippen LogP contribution in [0.1, 0.15) is 33.5 Å². The van der Waals surface area contributed by atoms with Crippen LogP contribution in [0.3, 0.4) is 0 Å². The third kappa shape index (κ3) is 4.97. The highest BCUT2D eigenvalue weighted by atomic mass is 16.5. The van der Waals surface area contributed by atoms with E-state index in [0.717, 1.165) is 24.8 Å². The molecule has 0 aromatic heterocycles. The third-order valence-electron chi connectivity index (χ3n) is 4.70. The van der Waals surface area contributed by atoms with Gasteiger partial charge in [0, 0.05) is 25.3 Å². The molecule has 2 aromatic rings. The summed E-state index contributed by atoms with van der Waals surface area (Å²) in [4.78, 5) is 37.3. The molecule has 0 saturated carbocycles. The molecule has 146 valence electrons. The lowest BCUT2D eigenvalue weighted by molar-refractivity contribution is -0.146. The highest BCUT2D eigenvalue weighted by Gasteiger charge is 2.14. The maximum absolute atomic E-state index is 12.0. The molecule has 2 aromatic carbocycles. The van der Waals surface area contributed by atoms with Gasteiger partial charge in [-0.15, -0.1) is 0 Å². The number of rotatable bonds is 6. The van der Waals surface area contributed by atoms with Crippen LogP contribution >= 0.6 is 0 Å². The van der Waals surface area contributed by atoms with Crippen molar-refractivity contribution >= 4 is 23.5 Å². The van der Waals surface area contributed by atoms with Crippen molar-refractivity contribution in [1.29, 1.82) is 0 Å². The van der Waals surface area contributed by atoms with Crippen LogP contribution < -0.4 is 5.32 Å². The number of ether oxygens (including phenoxy) is 1. The predicted molar refractivity (Wildman–Crippen MR) is 106 cm³/mol. The van der Waals surface area contributed by atoms with Crippen molar-refractivity contribution in [2.75, 3.05) is 26.0 Å². The average Bonchev–Trinajstić information content (AvgIpc) is 3.14. The molecule has 0 atom stereocenters. The Bertz CT molecular complexity index is 888. The Labute approximate surface area is 164 Å². The van der Waals surface area contributed by atoms with E-state index in [1.165, 1.54) is 16.0 Å². The van der Waals surface area contributed by atoms with Crippen LogP contribution in [0, 0.1) is 0 Å². The zero-order valence-electron chi connectivity index (χ0n) is 16.2. The molecule has 1 N–H and O–H groups in total. The molecule has 2 amide bonds. The van der Waals surface area contributed by atoms with Crippen molar-refractivity contribution in [2.45, 2.75) is 25.7 Å². The summed E-state index contributed by atoms with van der Waals surface area (Å²) in [5.74, 6) is -0.965. The first-order chi connectivity index (χ1) is 13.4. The molecule has 3 rings (SSSR count). The zero-order valence-corrected chi connectivity index (χ0v) is 16.2. The SMILES string of the molecule is CN(C)C(=O)c1ccc(NC(=O)COC(=O)Cc2ccc3c(c2)CCC3)cc1. The van der Waals surface area contributed by atoms with Crippen molar-refractivity contribution in [2.24, 2.45) is 0 Å². The van der Waals surface area contributed by atoms with Crippen LogP contribution in [0.25, 0.3) is 0 Å². The number of amides is 2. The van der Waals surface area contributed by atoms with Gasteiger partial charge < -0.3 is 15.0 Å². The molecular formula is C22H24N2O4. The number of aryl methyl sites for hydroxylation is 2. The van der Waals surface area contributed by atoms with Crippen LogP contribution in [-0.2, 0) is 33.6 Å². The topological polar surface area (TPSA) is 75.7 Å². The van der Waals surface area contributed by atoms with Gasteiger partial charge >= 0.3 is 5.97 Å². The highest BCUT2D eigenvalue weighted by molar-refractivity contribution is 5.96. The Balaban J connectivity index is 1.46. The molecule has 0 unspecified atom stereocenters. The van der Waals surface area contributed by atoms with Gasteiger partial charge in [-0.1, -0.05) is 18.2 Å². The molecule has 0 radical (unpaired) electrons. The number of carbonyl (C=O) groups is 3. The van der Waals surface area contributed by atoms with E-state index in [2.05, 4.69) is 17.4 Å². The first kappa shape index (κ1) is 19.6. The average molecular weight is 380 g/mol. The van der Waals surface area contributed by atoms with E-state index < -0.39 is 11.9 Å². The summed E-state index contributed by atoms with van der Waals surface area (Å²) in [5.41, 5.74) is 4.64. The van der Waals surface area contributed by atoms with Gasteiger partial charge in [-0.3, -0.25) is 14.4 Å². The highest BCUT2D eigenvalue weighted by Crippen LogP contribution is 2.23. The van der Waals surface area contributed by atoms with Gasteiger partial charge in [-0.25, -0.2) is 0 Å². The minimum absolute atomic E-state index is 0.113. The molecule has 1 aliphatic rings. The molecule has 6 nitrogen and oxygen atoms in total. The van der Waals surface area contributed by atoms with Crippen LogP contribution in [-0.4, -0.2) is 43.4 Å². The fourth-order valence-corrected chi connectivity index (χ4v) is 3.25. The standard InChI is InChI=1S/C22H24N2O4/c1-24(2)22(27)17-8-10-19(11-9-17)23-20(25)14-28-21(26)13-15-6-7-16-4-3-5-18(16)12-15/h6-12H,3-5,13-14H2,1-2H3,(H,23,25). The number of nitrogens with one attached hydrogen (secondary N) is 1. The van der Waals surface area contributed by atoms with E-state index in [9.17, 15) is 14.4 Å². The van der Waals surface area contributed by atoms with Crippen molar-refractivity contribution in [3.63, 3.8) is 0 Å². The zero-order chi connectivity index (χ0) is 20.1. The van der Waals surface area contributed by atoms with E-state index in [-0.39, 0.29) is 18.9 Å². The molecule has 0 bridgehead atoms. The minimum Gasteiger partial charge on any atom is -0.455 e. The number of nitrogens with zero attached hydrogens (tertiary/aromatic N) is 1. The number of esters is 1. The number of hydrogen-bond donors (Lipinski definition) is 1. The lowest BCUT2D eigenvalue weighted by Gasteiger charge is -2.11. The van der Waals surface area contributed by atoms with E-state index in [1.807, 2.05) is 6.07 Å². The van der Waals surface area contributed by atoms with E-state index in [0.29, 0.717) is 11.3 Å². The Morgan fingerprint density at radius 2 is 1.71 bits per heavy atom. The molecule has 1 aliphatic carbocycles. The Kier molecular flexibility index (Phi) is 6.09. The molecule has 6 heteroatoms.